The molecular formula is C16H18O11. The van der Waals surface area contributed by atoms with E-state index in [0.717, 1.165) is 6.07 Å². The van der Waals surface area contributed by atoms with Gasteiger partial charge in [0.1, 0.15) is 24.4 Å². The number of aromatic hydroxyl groups is 2. The molecule has 11 nitrogen and oxygen atoms in total. The second-order valence-electron chi connectivity index (χ2n) is 5.87. The highest BCUT2D eigenvalue weighted by molar-refractivity contribution is 5.94. The van der Waals surface area contributed by atoms with Crippen molar-refractivity contribution in [3.05, 3.63) is 22.6 Å². The number of ether oxygens (including phenoxy) is 3. The third kappa shape index (κ3) is 3.15. The molecule has 0 saturated carbocycles. The number of aliphatic hydroxyl groups excluding tert-OH is 4. The van der Waals surface area contributed by atoms with E-state index in [-0.39, 0.29) is 11.1 Å². The SMILES string of the molecule is COc1c(O[C@H]2O[C@H](CO)[C@@H](O)[C@H](O)[C@H]2O)c(O)c2oc(=O)ccc2c1O. The predicted octanol–water partition coefficient (Wildman–Crippen LogP) is -1.61. The molecule has 27 heavy (non-hydrogen) atoms. The normalized spacial score (nSPS) is 28.3. The van der Waals surface area contributed by atoms with Crippen molar-refractivity contribution in [3.8, 4) is 23.0 Å². The van der Waals surface area contributed by atoms with Crippen molar-refractivity contribution in [1.82, 2.24) is 0 Å². The first-order chi connectivity index (χ1) is 12.8. The summed E-state index contributed by atoms with van der Waals surface area (Å²) in [7, 11) is 1.17. The molecule has 6 N–H and O–H groups in total. The lowest BCUT2D eigenvalue weighted by Crippen LogP contribution is -2.60. The number of benzene rings is 1. The lowest BCUT2D eigenvalue weighted by atomic mass is 9.99. The van der Waals surface area contributed by atoms with Gasteiger partial charge in [0, 0.05) is 6.07 Å². The quantitative estimate of drug-likeness (QED) is 0.263. The summed E-state index contributed by atoms with van der Waals surface area (Å²) in [6.45, 7) is -0.689. The van der Waals surface area contributed by atoms with Crippen molar-refractivity contribution in [1.29, 1.82) is 0 Å². The van der Waals surface area contributed by atoms with Crippen LogP contribution in [0.4, 0.5) is 0 Å². The number of methoxy groups -OCH3 is 1. The molecule has 0 radical (unpaired) electrons. The van der Waals surface area contributed by atoms with Gasteiger partial charge in [0.15, 0.2) is 11.3 Å². The standard InChI is InChI=1S/C16H18O11/c1-24-14-8(19)5-2-3-7(18)26-13(5)12(23)15(14)27-16-11(22)10(21)9(20)6(4-17)25-16/h2-3,6,9-11,16-17,19-23H,4H2,1H3/t6-,9-,10+,11-,16-/m1/s1. The third-order valence-corrected chi connectivity index (χ3v) is 4.23. The van der Waals surface area contributed by atoms with Gasteiger partial charge in [-0.2, -0.15) is 0 Å². The van der Waals surface area contributed by atoms with Gasteiger partial charge in [0.2, 0.25) is 23.5 Å². The number of hydrogen-bond donors (Lipinski definition) is 6. The second-order valence-corrected chi connectivity index (χ2v) is 5.87. The average Bonchev–Trinajstić information content (AvgIpc) is 2.66. The van der Waals surface area contributed by atoms with Crippen molar-refractivity contribution < 1.29 is 49.3 Å². The van der Waals surface area contributed by atoms with Crippen LogP contribution in [0.2, 0.25) is 0 Å². The number of hydrogen-bond acceptors (Lipinski definition) is 11. The Labute approximate surface area is 151 Å². The Bertz CT molecular complexity index is 890. The van der Waals surface area contributed by atoms with Crippen LogP contribution < -0.4 is 15.1 Å². The number of aliphatic hydroxyl groups is 4. The van der Waals surface area contributed by atoms with Gasteiger partial charge in [0.05, 0.1) is 19.1 Å². The summed E-state index contributed by atoms with van der Waals surface area (Å²) in [5, 5.41) is 59.6. The molecule has 5 atom stereocenters. The van der Waals surface area contributed by atoms with Crippen LogP contribution >= 0.6 is 0 Å². The van der Waals surface area contributed by atoms with Crippen molar-refractivity contribution in [2.45, 2.75) is 30.7 Å². The summed E-state index contributed by atoms with van der Waals surface area (Å²) in [6.07, 6.45) is -8.02. The van der Waals surface area contributed by atoms with E-state index in [1.165, 1.54) is 13.2 Å². The number of phenolic OH excluding ortho intramolecular Hbond substituents is 2. The van der Waals surface area contributed by atoms with Crippen molar-refractivity contribution in [3.63, 3.8) is 0 Å². The maximum Gasteiger partial charge on any atom is 0.336 e. The zero-order chi connectivity index (χ0) is 19.9. The lowest BCUT2D eigenvalue weighted by molar-refractivity contribution is -0.277. The summed E-state index contributed by atoms with van der Waals surface area (Å²) in [5.41, 5.74) is -1.21. The van der Waals surface area contributed by atoms with Crippen LogP contribution in [0, 0.1) is 0 Å². The summed E-state index contributed by atoms with van der Waals surface area (Å²) < 4.78 is 20.4. The fraction of sp³-hybridized carbons (Fsp3) is 0.438. The molecule has 2 aromatic rings. The zero-order valence-corrected chi connectivity index (χ0v) is 14.0. The summed E-state index contributed by atoms with van der Waals surface area (Å²) in [4.78, 5) is 11.4. The lowest BCUT2D eigenvalue weighted by Gasteiger charge is -2.39. The van der Waals surface area contributed by atoms with Gasteiger partial charge in [-0.05, 0) is 6.07 Å². The van der Waals surface area contributed by atoms with E-state index >= 15 is 0 Å². The smallest absolute Gasteiger partial charge is 0.336 e. The van der Waals surface area contributed by atoms with Gasteiger partial charge >= 0.3 is 5.63 Å². The first-order valence-electron chi connectivity index (χ1n) is 7.83. The average molecular weight is 386 g/mol. The van der Waals surface area contributed by atoms with E-state index in [2.05, 4.69) is 0 Å². The van der Waals surface area contributed by atoms with Crippen LogP contribution in [-0.4, -0.2) is 75.1 Å². The number of phenols is 2. The number of rotatable bonds is 4. The summed E-state index contributed by atoms with van der Waals surface area (Å²) in [6, 6.07) is 2.23. The van der Waals surface area contributed by atoms with E-state index in [1.807, 2.05) is 0 Å². The molecule has 0 spiro atoms. The van der Waals surface area contributed by atoms with Crippen LogP contribution in [0.25, 0.3) is 11.0 Å². The molecule has 3 rings (SSSR count). The molecule has 0 unspecified atom stereocenters. The van der Waals surface area contributed by atoms with Crippen molar-refractivity contribution >= 4 is 11.0 Å². The Balaban J connectivity index is 2.08. The highest BCUT2D eigenvalue weighted by Gasteiger charge is 2.45. The van der Waals surface area contributed by atoms with E-state index in [0.29, 0.717) is 0 Å². The molecule has 11 heteroatoms. The Morgan fingerprint density at radius 3 is 2.37 bits per heavy atom. The molecule has 2 heterocycles. The molecule has 0 amide bonds. The minimum Gasteiger partial charge on any atom is -0.504 e. The van der Waals surface area contributed by atoms with Gasteiger partial charge in [0.25, 0.3) is 0 Å². The Hall–Kier alpha value is -2.57. The molecule has 1 aromatic carbocycles. The Morgan fingerprint density at radius 1 is 1.04 bits per heavy atom. The van der Waals surface area contributed by atoms with Gasteiger partial charge in [-0.1, -0.05) is 0 Å². The fourth-order valence-corrected chi connectivity index (χ4v) is 2.80. The van der Waals surface area contributed by atoms with Crippen LogP contribution in [0.1, 0.15) is 0 Å². The van der Waals surface area contributed by atoms with Gasteiger partial charge in [-0.15, -0.1) is 0 Å². The predicted molar refractivity (Wildman–Crippen MR) is 86.8 cm³/mol. The fourth-order valence-electron chi connectivity index (χ4n) is 2.80. The van der Waals surface area contributed by atoms with Crippen molar-refractivity contribution in [2.24, 2.45) is 0 Å². The molecular weight excluding hydrogens is 368 g/mol. The maximum atomic E-state index is 11.4. The highest BCUT2D eigenvalue weighted by Crippen LogP contribution is 2.50. The summed E-state index contributed by atoms with van der Waals surface area (Å²) in [5.74, 6) is -2.14. The van der Waals surface area contributed by atoms with Gasteiger partial charge < -0.3 is 49.3 Å². The van der Waals surface area contributed by atoms with Gasteiger partial charge in [-0.3, -0.25) is 0 Å². The van der Waals surface area contributed by atoms with Crippen molar-refractivity contribution in [2.75, 3.05) is 13.7 Å². The van der Waals surface area contributed by atoms with E-state index in [4.69, 9.17) is 18.6 Å². The second kappa shape index (κ2) is 7.21. The molecule has 1 fully saturated rings. The molecule has 148 valence electrons. The largest absolute Gasteiger partial charge is 0.504 e. The van der Waals surface area contributed by atoms with Crippen LogP contribution in [0.5, 0.6) is 23.0 Å². The Kier molecular flexibility index (Phi) is 5.13. The topological polar surface area (TPSA) is 179 Å². The van der Waals surface area contributed by atoms with Gasteiger partial charge in [-0.25, -0.2) is 4.79 Å². The monoisotopic (exact) mass is 386 g/mol. The molecule has 0 aliphatic carbocycles. The van der Waals surface area contributed by atoms with E-state index in [1.54, 1.807) is 0 Å². The highest BCUT2D eigenvalue weighted by atomic mass is 16.7. The molecule has 0 bridgehead atoms. The third-order valence-electron chi connectivity index (χ3n) is 4.23. The van der Waals surface area contributed by atoms with E-state index in [9.17, 15) is 35.4 Å². The van der Waals surface area contributed by atoms with Crippen LogP contribution in [0.3, 0.4) is 0 Å². The van der Waals surface area contributed by atoms with E-state index < -0.39 is 65.8 Å². The molecule has 1 aromatic heterocycles. The number of fused-ring (bicyclic) bond motifs is 1. The van der Waals surface area contributed by atoms with Crippen LogP contribution in [0.15, 0.2) is 21.3 Å². The first-order valence-corrected chi connectivity index (χ1v) is 7.83. The summed E-state index contributed by atoms with van der Waals surface area (Å²) >= 11 is 0. The minimum atomic E-state index is -1.77. The first kappa shape index (κ1) is 19.2. The molecule has 1 saturated heterocycles. The Morgan fingerprint density at radius 2 is 1.74 bits per heavy atom. The van der Waals surface area contributed by atoms with Crippen LogP contribution in [-0.2, 0) is 4.74 Å². The minimum absolute atomic E-state index is 0.0369. The maximum absolute atomic E-state index is 11.4. The molecule has 1 aliphatic heterocycles. The zero-order valence-electron chi connectivity index (χ0n) is 14.0. The molecule has 1 aliphatic rings.